The first-order valence-electron chi connectivity index (χ1n) is 5.85. The van der Waals surface area contributed by atoms with Crippen LogP contribution >= 0.6 is 23.5 Å². The van der Waals surface area contributed by atoms with Crippen LogP contribution < -0.4 is 10.1 Å². The Bertz CT molecular complexity index is 439. The molecule has 1 unspecified atom stereocenters. The van der Waals surface area contributed by atoms with E-state index in [2.05, 4.69) is 11.4 Å². The minimum absolute atomic E-state index is 0.626. The van der Waals surface area contributed by atoms with Gasteiger partial charge in [0.15, 0.2) is 0 Å². The van der Waals surface area contributed by atoms with Crippen LogP contribution in [0.1, 0.15) is 5.56 Å². The number of benzene rings is 1. The fraction of sp³-hybridized carbons (Fsp3) is 0.462. The van der Waals surface area contributed by atoms with Crippen LogP contribution in [0, 0.1) is 11.3 Å². The van der Waals surface area contributed by atoms with E-state index >= 15 is 0 Å². The van der Waals surface area contributed by atoms with Crippen LogP contribution in [0.5, 0.6) is 5.75 Å². The molecule has 1 aliphatic heterocycles. The van der Waals surface area contributed by atoms with Crippen molar-refractivity contribution in [2.24, 2.45) is 0 Å². The lowest BCUT2D eigenvalue weighted by Crippen LogP contribution is -2.23. The third-order valence-electron chi connectivity index (χ3n) is 2.75. The number of nitrogens with one attached hydrogen (secondary N) is 1. The zero-order chi connectivity index (χ0) is 12.8. The molecule has 1 atom stereocenters. The standard InChI is InChI=1S/C13H16N2OS2/c1-16-11-3-2-10(7-14)13(6-11)15-8-12-9-17-4-5-18-12/h2-3,6,12,15H,4-5,8-9H2,1H3. The van der Waals surface area contributed by atoms with E-state index in [0.29, 0.717) is 10.8 Å². The average Bonchev–Trinajstić information content (AvgIpc) is 2.45. The van der Waals surface area contributed by atoms with Gasteiger partial charge in [0.2, 0.25) is 0 Å². The summed E-state index contributed by atoms with van der Waals surface area (Å²) in [6, 6.07) is 7.70. The largest absolute Gasteiger partial charge is 0.497 e. The smallest absolute Gasteiger partial charge is 0.121 e. The highest BCUT2D eigenvalue weighted by Crippen LogP contribution is 2.26. The second-order valence-electron chi connectivity index (χ2n) is 3.97. The van der Waals surface area contributed by atoms with Gasteiger partial charge >= 0.3 is 0 Å². The van der Waals surface area contributed by atoms with Gasteiger partial charge in [-0.25, -0.2) is 0 Å². The predicted octanol–water partition coefficient (Wildman–Crippen LogP) is 2.83. The predicted molar refractivity (Wildman–Crippen MR) is 79.8 cm³/mol. The van der Waals surface area contributed by atoms with Crippen molar-refractivity contribution in [2.75, 3.05) is 36.2 Å². The molecule has 2 rings (SSSR count). The molecule has 1 aromatic carbocycles. The van der Waals surface area contributed by atoms with E-state index in [1.54, 1.807) is 13.2 Å². The number of nitriles is 1. The van der Waals surface area contributed by atoms with E-state index < -0.39 is 0 Å². The highest BCUT2D eigenvalue weighted by atomic mass is 32.2. The summed E-state index contributed by atoms with van der Waals surface area (Å²) >= 11 is 4.01. The number of rotatable bonds is 4. The molecule has 0 bridgehead atoms. The Kier molecular flexibility index (Phi) is 5.09. The number of hydrogen-bond donors (Lipinski definition) is 1. The molecular weight excluding hydrogens is 264 g/mol. The van der Waals surface area contributed by atoms with Crippen molar-refractivity contribution in [3.05, 3.63) is 23.8 Å². The van der Waals surface area contributed by atoms with Crippen molar-refractivity contribution in [1.82, 2.24) is 0 Å². The molecule has 0 amide bonds. The van der Waals surface area contributed by atoms with Crippen molar-refractivity contribution in [2.45, 2.75) is 5.25 Å². The minimum Gasteiger partial charge on any atom is -0.497 e. The van der Waals surface area contributed by atoms with Crippen molar-refractivity contribution in [1.29, 1.82) is 5.26 Å². The molecule has 96 valence electrons. The quantitative estimate of drug-likeness (QED) is 0.919. The molecule has 1 heterocycles. The molecule has 18 heavy (non-hydrogen) atoms. The van der Waals surface area contributed by atoms with E-state index in [4.69, 9.17) is 10.00 Å². The van der Waals surface area contributed by atoms with Crippen molar-refractivity contribution in [3.63, 3.8) is 0 Å². The van der Waals surface area contributed by atoms with Crippen LogP contribution in [-0.2, 0) is 0 Å². The monoisotopic (exact) mass is 280 g/mol. The summed E-state index contributed by atoms with van der Waals surface area (Å²) in [5.74, 6) is 4.44. The maximum atomic E-state index is 9.08. The zero-order valence-corrected chi connectivity index (χ0v) is 11.9. The topological polar surface area (TPSA) is 45.0 Å². The second-order valence-corrected chi connectivity index (χ2v) is 6.53. The van der Waals surface area contributed by atoms with Crippen LogP contribution in [0.4, 0.5) is 5.69 Å². The van der Waals surface area contributed by atoms with E-state index in [0.717, 1.165) is 18.0 Å². The van der Waals surface area contributed by atoms with Crippen LogP contribution in [0.2, 0.25) is 0 Å². The highest BCUT2D eigenvalue weighted by molar-refractivity contribution is 8.06. The fourth-order valence-corrected chi connectivity index (χ4v) is 4.38. The Labute approximate surface area is 116 Å². The van der Waals surface area contributed by atoms with Gasteiger partial charge in [-0.15, -0.1) is 0 Å². The first kappa shape index (κ1) is 13.4. The first-order chi connectivity index (χ1) is 8.83. The molecule has 0 aromatic heterocycles. The Morgan fingerprint density at radius 1 is 1.50 bits per heavy atom. The number of methoxy groups -OCH3 is 1. The van der Waals surface area contributed by atoms with Crippen molar-refractivity contribution >= 4 is 29.2 Å². The molecule has 1 aromatic rings. The lowest BCUT2D eigenvalue weighted by Gasteiger charge is -2.22. The maximum Gasteiger partial charge on any atom is 0.121 e. The molecule has 5 heteroatoms. The summed E-state index contributed by atoms with van der Waals surface area (Å²) in [5.41, 5.74) is 1.54. The lowest BCUT2D eigenvalue weighted by atomic mass is 10.2. The van der Waals surface area contributed by atoms with Gasteiger partial charge < -0.3 is 10.1 Å². The Balaban J connectivity index is 2.00. The zero-order valence-electron chi connectivity index (χ0n) is 10.3. The summed E-state index contributed by atoms with van der Waals surface area (Å²) in [6.07, 6.45) is 0. The van der Waals surface area contributed by atoms with Gasteiger partial charge in [0.1, 0.15) is 11.8 Å². The molecule has 0 saturated carbocycles. The number of hydrogen-bond acceptors (Lipinski definition) is 5. The summed E-state index contributed by atoms with van der Waals surface area (Å²) < 4.78 is 5.19. The van der Waals surface area contributed by atoms with Gasteiger partial charge in [-0.1, -0.05) is 0 Å². The molecule has 0 aliphatic carbocycles. The van der Waals surface area contributed by atoms with E-state index in [9.17, 15) is 0 Å². The summed E-state index contributed by atoms with van der Waals surface area (Å²) in [4.78, 5) is 0. The first-order valence-corrected chi connectivity index (χ1v) is 8.05. The van der Waals surface area contributed by atoms with Gasteiger partial charge in [0.05, 0.1) is 18.4 Å². The Morgan fingerprint density at radius 2 is 2.39 bits per heavy atom. The normalized spacial score (nSPS) is 19.0. The molecule has 1 saturated heterocycles. The van der Waals surface area contributed by atoms with Gasteiger partial charge in [-0.05, 0) is 12.1 Å². The maximum absolute atomic E-state index is 9.08. The fourth-order valence-electron chi connectivity index (χ4n) is 1.77. The molecular formula is C13H16N2OS2. The van der Waals surface area contributed by atoms with Crippen molar-refractivity contribution < 1.29 is 4.74 Å². The molecule has 3 nitrogen and oxygen atoms in total. The van der Waals surface area contributed by atoms with Gasteiger partial charge in [-0.3, -0.25) is 0 Å². The summed E-state index contributed by atoms with van der Waals surface area (Å²) in [7, 11) is 1.64. The minimum atomic E-state index is 0.626. The van der Waals surface area contributed by atoms with Crippen LogP contribution in [0.15, 0.2) is 18.2 Å². The summed E-state index contributed by atoms with van der Waals surface area (Å²) in [5, 5.41) is 13.1. The second kappa shape index (κ2) is 6.81. The van der Waals surface area contributed by atoms with Crippen LogP contribution in [0.25, 0.3) is 0 Å². The number of thioether (sulfide) groups is 2. The van der Waals surface area contributed by atoms with Gasteiger partial charge in [-0.2, -0.15) is 28.8 Å². The van der Waals surface area contributed by atoms with Crippen LogP contribution in [0.3, 0.4) is 0 Å². The van der Waals surface area contributed by atoms with Crippen molar-refractivity contribution in [3.8, 4) is 11.8 Å². The third kappa shape index (κ3) is 3.50. The molecule has 0 spiro atoms. The van der Waals surface area contributed by atoms with E-state index in [1.807, 2.05) is 35.7 Å². The molecule has 0 radical (unpaired) electrons. The molecule has 1 N–H and O–H groups in total. The number of nitrogens with zero attached hydrogens (tertiary/aromatic N) is 1. The average molecular weight is 280 g/mol. The lowest BCUT2D eigenvalue weighted by molar-refractivity contribution is 0.415. The summed E-state index contributed by atoms with van der Waals surface area (Å²) in [6.45, 7) is 0.902. The van der Waals surface area contributed by atoms with Crippen LogP contribution in [-0.4, -0.2) is 36.2 Å². The third-order valence-corrected chi connectivity index (χ3v) is 5.60. The molecule has 1 aliphatic rings. The Morgan fingerprint density at radius 3 is 3.06 bits per heavy atom. The molecule has 1 fully saturated rings. The van der Waals surface area contributed by atoms with E-state index in [1.165, 1.54) is 17.3 Å². The Hall–Kier alpha value is -0.990. The number of anilines is 1. The van der Waals surface area contributed by atoms with E-state index in [-0.39, 0.29) is 0 Å². The van der Waals surface area contributed by atoms with Gasteiger partial charge in [0, 0.05) is 35.1 Å². The SMILES string of the molecule is COc1ccc(C#N)c(NCC2CSCCS2)c1. The highest BCUT2D eigenvalue weighted by Gasteiger charge is 2.14. The van der Waals surface area contributed by atoms with Gasteiger partial charge in [0.25, 0.3) is 0 Å². The number of ether oxygens (including phenoxy) is 1.